The number of carbonyl (C=O) groups excluding carboxylic acids is 7. The summed E-state index contributed by atoms with van der Waals surface area (Å²) >= 11 is 0. The molecule has 4 aliphatic carbocycles. The van der Waals surface area contributed by atoms with Crippen molar-refractivity contribution in [2.24, 2.45) is 16.7 Å². The zero-order valence-corrected chi connectivity index (χ0v) is 77.4. The molecule has 11 atom stereocenters. The van der Waals surface area contributed by atoms with Crippen LogP contribution in [-0.4, -0.2) is 174 Å². The van der Waals surface area contributed by atoms with E-state index in [0.29, 0.717) is 63.7 Å². The van der Waals surface area contributed by atoms with Crippen molar-refractivity contribution in [1.29, 1.82) is 0 Å². The van der Waals surface area contributed by atoms with Gasteiger partial charge in [-0.1, -0.05) is 168 Å². The standard InChI is InChI=1S/C99H112N4O21S2.Na/c1-61-75(59-99(112)90(123-92(110)70-38-19-13-20-39-70)88-97(10,78(106)58-79-98(88,60-119-79)124-63(3)105)89(108)86(120-62(2)104)81(61)96(99,8)9)121-93(111)87(85(66-34-15-11-16-35-66)101-91(109)69-36-17-12-18-37-69)122-80(107)44-21-14-26-53-100-84-67(47-51-76-94(4,5)82-71-42-24-22-32-64(71)45-49-73(82)102(76)54-27-29-56-125(113,114)115)40-31-41-68(84)48-52-77-95(6,7)83-72-43-25-23-33-65(72)46-50-74(83)103(77)55-28-30-57-126(116,117)118;/h11-13,15-20,22-25,32-39,42-43,45-52,75,78-79,85-88,90,106,112H,14,21,26-31,40-41,44,53-60H2,1-10H3,(H3,101,109,113,114,115,116,117,118);/q;+1/p-1/t75-,78-,79+,85-,86+,87+,88-,90-,97+,98-,99+;/m0./s1. The minimum Gasteiger partial charge on any atom is -0.748 e. The van der Waals surface area contributed by atoms with Crippen LogP contribution in [0.2, 0.25) is 0 Å². The van der Waals surface area contributed by atoms with Crippen molar-refractivity contribution in [2.75, 3.05) is 42.6 Å². The predicted octanol–water partition coefficient (Wildman–Crippen LogP) is 11.1. The minimum atomic E-state index is -4.46. The number of anilines is 1. The molecule has 7 aromatic carbocycles. The van der Waals surface area contributed by atoms with Crippen LogP contribution < -0.4 is 45.1 Å². The molecule has 3 heterocycles. The second-order valence-electron chi connectivity index (χ2n) is 36.1. The van der Waals surface area contributed by atoms with Gasteiger partial charge in [0.2, 0.25) is 11.8 Å². The van der Waals surface area contributed by atoms with Gasteiger partial charge in [0.05, 0.1) is 55.3 Å². The van der Waals surface area contributed by atoms with Crippen molar-refractivity contribution in [3.8, 4) is 0 Å². The number of unbranched alkanes of at least 4 members (excludes halogenated alkanes) is 4. The van der Waals surface area contributed by atoms with Crippen LogP contribution in [0.25, 0.3) is 21.5 Å². The minimum absolute atomic E-state index is 0. The van der Waals surface area contributed by atoms with Crippen molar-refractivity contribution in [2.45, 2.75) is 217 Å². The molecule has 0 radical (unpaired) electrons. The molecule has 0 aromatic heterocycles. The van der Waals surface area contributed by atoms with Crippen LogP contribution >= 0.6 is 0 Å². The Morgan fingerprint density at radius 2 is 1.29 bits per heavy atom. The molecular formula is C99H111N4NaO21S2. The Morgan fingerprint density at radius 1 is 0.677 bits per heavy atom. The smallest absolute Gasteiger partial charge is 0.748 e. The second kappa shape index (κ2) is 38.1. The van der Waals surface area contributed by atoms with E-state index in [4.69, 9.17) is 28.4 Å². The summed E-state index contributed by atoms with van der Waals surface area (Å²) in [5.41, 5.74) is 0.118. The fourth-order valence-corrected chi connectivity index (χ4v) is 21.9. The molecule has 7 aliphatic rings. The SMILES string of the molecule is CC(=O)O[C@H]1C(=O)[C@@]2(C)[C@H]([C@H](OC(=O)c3ccccc3)[C@]3(O)C[C@H](OC(=O)[C@H](OC(=O)CCCCCNC4=C(C=CC5=[N+](CCCCS(=O)(=O)[O-])c6ccc7ccccc7c6C5(C)C)CCCC4=CC=C4N(CCCCS(=O)(=O)[O-])c5ccc6ccccc6c5C4(C)C)[C@@H](NC(=O)c4ccccc4)c4ccccc4)C(C)=C1C3(C)C)[C@]1(OC(C)=O)CO[C@@H]1C[C@@H]2O.[Na+]. The predicted molar refractivity (Wildman–Crippen MR) is 473 cm³/mol. The maximum atomic E-state index is 16.2. The molecule has 3 fully saturated rings. The van der Waals surface area contributed by atoms with Crippen molar-refractivity contribution < 1.29 is 132 Å². The van der Waals surface area contributed by atoms with Crippen LogP contribution in [0.5, 0.6) is 0 Å². The molecule has 3 aliphatic heterocycles. The second-order valence-corrected chi connectivity index (χ2v) is 39.2. The number of carbonyl (C=O) groups is 7. The number of Topliss-reactive ketones (excluding diaryl/α,β-unsaturated/α-hetero) is 1. The first-order chi connectivity index (χ1) is 59.8. The first-order valence-electron chi connectivity index (χ1n) is 43.4. The van der Waals surface area contributed by atoms with E-state index in [9.17, 15) is 55.3 Å². The molecule has 4 N–H and O–H groups in total. The Balaban J connectivity index is 0.0000138. The number of ketones is 1. The number of aliphatic hydroxyl groups is 2. The van der Waals surface area contributed by atoms with Gasteiger partial charge in [-0.15, -0.1) is 0 Å². The van der Waals surface area contributed by atoms with Crippen LogP contribution in [0.3, 0.4) is 0 Å². The van der Waals surface area contributed by atoms with Gasteiger partial charge in [-0.3, -0.25) is 24.0 Å². The van der Waals surface area contributed by atoms with E-state index < -0.39 is 161 Å². The van der Waals surface area contributed by atoms with Crippen LogP contribution in [0.4, 0.5) is 11.4 Å². The Morgan fingerprint density at radius 3 is 1.92 bits per heavy atom. The third-order valence-electron chi connectivity index (χ3n) is 27.1. The normalized spacial score (nSPS) is 25.0. The number of hydrogen-bond acceptors (Lipinski definition) is 23. The number of fused-ring (bicyclic) bond motifs is 11. The van der Waals surface area contributed by atoms with E-state index in [0.717, 1.165) is 92.6 Å². The van der Waals surface area contributed by atoms with Crippen LogP contribution in [0, 0.1) is 16.7 Å². The first kappa shape index (κ1) is 94.8. The van der Waals surface area contributed by atoms with Crippen molar-refractivity contribution in [3.63, 3.8) is 0 Å². The number of rotatable bonds is 31. The molecule has 127 heavy (non-hydrogen) atoms. The summed E-state index contributed by atoms with van der Waals surface area (Å²) in [7, 11) is -8.91. The Labute approximate surface area is 764 Å². The van der Waals surface area contributed by atoms with E-state index in [2.05, 4.69) is 121 Å². The fraction of sp³-hybridized carbons (Fsp3) is 0.434. The van der Waals surface area contributed by atoms with Gasteiger partial charge in [-0.05, 0) is 176 Å². The van der Waals surface area contributed by atoms with Crippen LogP contribution in [0.1, 0.15) is 196 Å². The number of nitrogens with one attached hydrogen (secondary N) is 2. The van der Waals surface area contributed by atoms with E-state index >= 15 is 14.4 Å². The number of aliphatic hydroxyl groups excluding tert-OH is 1. The van der Waals surface area contributed by atoms with Crippen LogP contribution in [-0.2, 0) is 83.5 Å². The number of hydrogen-bond donors (Lipinski definition) is 4. The number of ether oxygens (including phenoxy) is 6. The monoisotopic (exact) mass is 1780 g/mol. The molecule has 14 rings (SSSR count). The summed E-state index contributed by atoms with van der Waals surface area (Å²) in [5, 5.41) is 38.0. The van der Waals surface area contributed by atoms with Crippen LogP contribution in [0.15, 0.2) is 222 Å². The van der Waals surface area contributed by atoms with Gasteiger partial charge in [-0.25, -0.2) is 26.4 Å². The number of allylic oxidation sites excluding steroid dienone is 7. The van der Waals surface area contributed by atoms with Gasteiger partial charge in [-0.2, -0.15) is 4.58 Å². The van der Waals surface area contributed by atoms with Gasteiger partial charge >= 0.3 is 59.4 Å². The molecule has 7 aromatic rings. The number of benzene rings is 7. The summed E-state index contributed by atoms with van der Waals surface area (Å²) in [6.07, 6.45) is 1.67. The summed E-state index contributed by atoms with van der Waals surface area (Å²) < 4.78 is 112. The summed E-state index contributed by atoms with van der Waals surface area (Å²) in [4.78, 5) is 106. The van der Waals surface area contributed by atoms with E-state index in [1.165, 1.54) is 26.0 Å². The third kappa shape index (κ3) is 19.0. The molecule has 0 spiro atoms. The third-order valence-corrected chi connectivity index (χ3v) is 28.6. The molecule has 666 valence electrons. The molecule has 1 saturated heterocycles. The number of nitrogens with zero attached hydrogens (tertiary/aromatic N) is 2. The van der Waals surface area contributed by atoms with Crippen molar-refractivity contribution in [3.05, 3.63) is 250 Å². The Kier molecular flexibility index (Phi) is 28.5. The van der Waals surface area contributed by atoms with E-state index in [-0.39, 0.29) is 90.5 Å². The van der Waals surface area contributed by atoms with E-state index in [1.54, 1.807) is 92.7 Å². The molecular weight excluding hydrogens is 1670 g/mol. The maximum absolute atomic E-state index is 16.2. The van der Waals surface area contributed by atoms with Gasteiger partial charge in [0, 0.05) is 115 Å². The first-order valence-corrected chi connectivity index (χ1v) is 46.6. The largest absolute Gasteiger partial charge is 1.00 e. The molecule has 1 amide bonds. The molecule has 2 saturated carbocycles. The van der Waals surface area contributed by atoms with Crippen molar-refractivity contribution in [1.82, 2.24) is 10.6 Å². The average molecular weight is 1780 g/mol. The summed E-state index contributed by atoms with van der Waals surface area (Å²) in [6, 6.07) is 47.6. The summed E-state index contributed by atoms with van der Waals surface area (Å²) in [5.74, 6) is -9.06. The zero-order chi connectivity index (χ0) is 90.2. The maximum Gasteiger partial charge on any atom is 1.00 e. The zero-order valence-electron chi connectivity index (χ0n) is 73.8. The van der Waals surface area contributed by atoms with Gasteiger partial charge in [0.1, 0.15) is 36.5 Å². The topological polar surface area (TPSA) is 360 Å². The Hall–Kier alpha value is -9.78. The van der Waals surface area contributed by atoms with Gasteiger partial charge in [0.25, 0.3) is 5.91 Å². The fourth-order valence-electron chi connectivity index (χ4n) is 20.8. The molecule has 0 unspecified atom stereocenters. The Bertz CT molecular complexity index is 5870. The number of esters is 5. The van der Waals surface area contributed by atoms with Gasteiger partial charge in [0.15, 0.2) is 23.2 Å². The summed E-state index contributed by atoms with van der Waals surface area (Å²) in [6.45, 7) is 17.9. The molecule has 2 bridgehead atoms. The average Bonchev–Trinajstić information content (AvgIpc) is 1.31. The molecule has 28 heteroatoms. The quantitative estimate of drug-likeness (QED) is 0.00596. The molecule has 25 nitrogen and oxygen atoms in total. The van der Waals surface area contributed by atoms with E-state index in [1.807, 2.05) is 24.3 Å². The van der Waals surface area contributed by atoms with Crippen molar-refractivity contribution >= 4 is 100 Å². The number of amides is 1. The van der Waals surface area contributed by atoms with Gasteiger partial charge < -0.3 is 63.3 Å².